The van der Waals surface area contributed by atoms with Gasteiger partial charge in [0.15, 0.2) is 0 Å². The van der Waals surface area contributed by atoms with E-state index < -0.39 is 12.1 Å². The minimum absolute atomic E-state index is 0.317. The molecule has 5 heteroatoms. The number of aromatic nitrogens is 1. The summed E-state index contributed by atoms with van der Waals surface area (Å²) in [5.74, 6) is -1.17. The highest BCUT2D eigenvalue weighted by atomic mass is 19.4. The summed E-state index contributed by atoms with van der Waals surface area (Å²) in [7, 11) is 0. The van der Waals surface area contributed by atoms with E-state index in [0.717, 1.165) is 6.26 Å². The van der Waals surface area contributed by atoms with Gasteiger partial charge in [-0.15, -0.1) is 0 Å². The Morgan fingerprint density at radius 1 is 1.55 bits per heavy atom. The predicted molar refractivity (Wildman–Crippen MR) is 30.9 cm³/mol. The van der Waals surface area contributed by atoms with Gasteiger partial charge in [-0.25, -0.2) is 4.98 Å². The average Bonchev–Trinajstić information content (AvgIpc) is 2.32. The Morgan fingerprint density at radius 2 is 2.18 bits per heavy atom. The van der Waals surface area contributed by atoms with E-state index in [1.165, 1.54) is 0 Å². The van der Waals surface area contributed by atoms with Crippen molar-refractivity contribution >= 4 is 0 Å². The third-order valence-corrected chi connectivity index (χ3v) is 1.16. The highest BCUT2D eigenvalue weighted by Gasteiger charge is 2.36. The fourth-order valence-electron chi connectivity index (χ4n) is 0.600. The molecule has 0 atom stereocenters. The Labute approximate surface area is 61.0 Å². The Kier molecular flexibility index (Phi) is 1.89. The third kappa shape index (κ3) is 1.72. The van der Waals surface area contributed by atoms with E-state index in [0.29, 0.717) is 12.1 Å². The SMILES string of the molecule is CCc1coc(C(F)(F)F)n1. The molecule has 0 aliphatic carbocycles. The van der Waals surface area contributed by atoms with Gasteiger partial charge in [0.2, 0.25) is 0 Å². The number of halogens is 3. The van der Waals surface area contributed by atoms with Gasteiger partial charge in [0.1, 0.15) is 6.26 Å². The lowest BCUT2D eigenvalue weighted by Gasteiger charge is -1.97. The van der Waals surface area contributed by atoms with Gasteiger partial charge in [0, 0.05) is 0 Å². The molecule has 0 fully saturated rings. The van der Waals surface area contributed by atoms with Crippen LogP contribution in [0.1, 0.15) is 18.5 Å². The van der Waals surface area contributed by atoms with Gasteiger partial charge in [0.05, 0.1) is 5.69 Å². The maximum atomic E-state index is 11.8. The van der Waals surface area contributed by atoms with Gasteiger partial charge in [-0.1, -0.05) is 6.92 Å². The highest BCUT2D eigenvalue weighted by molar-refractivity contribution is 4.97. The zero-order valence-corrected chi connectivity index (χ0v) is 5.77. The van der Waals surface area contributed by atoms with E-state index in [1.54, 1.807) is 6.92 Å². The minimum Gasteiger partial charge on any atom is -0.441 e. The molecular formula is C6H6F3NO. The first-order chi connectivity index (χ1) is 5.04. The molecule has 0 N–H and O–H groups in total. The molecule has 0 amide bonds. The molecule has 0 saturated carbocycles. The molecule has 0 spiro atoms. The molecular weight excluding hydrogens is 159 g/mol. The molecule has 0 bridgehead atoms. The second-order valence-electron chi connectivity index (χ2n) is 2.00. The summed E-state index contributed by atoms with van der Waals surface area (Å²) >= 11 is 0. The molecule has 62 valence electrons. The normalized spacial score (nSPS) is 12.0. The molecule has 2 nitrogen and oxygen atoms in total. The third-order valence-electron chi connectivity index (χ3n) is 1.16. The predicted octanol–water partition coefficient (Wildman–Crippen LogP) is 2.26. The van der Waals surface area contributed by atoms with E-state index in [1.807, 2.05) is 0 Å². The average molecular weight is 165 g/mol. The monoisotopic (exact) mass is 165 g/mol. The van der Waals surface area contributed by atoms with Gasteiger partial charge in [-0.05, 0) is 6.42 Å². The summed E-state index contributed by atoms with van der Waals surface area (Å²) < 4.78 is 39.5. The van der Waals surface area contributed by atoms with Crippen molar-refractivity contribution in [3.05, 3.63) is 17.8 Å². The zero-order valence-electron chi connectivity index (χ0n) is 5.77. The summed E-state index contributed by atoms with van der Waals surface area (Å²) in [6.45, 7) is 1.71. The number of hydrogen-bond acceptors (Lipinski definition) is 2. The maximum absolute atomic E-state index is 11.8. The van der Waals surface area contributed by atoms with Crippen LogP contribution in [0.15, 0.2) is 10.7 Å². The van der Waals surface area contributed by atoms with E-state index in [4.69, 9.17) is 0 Å². The van der Waals surface area contributed by atoms with E-state index in [2.05, 4.69) is 9.40 Å². The first-order valence-corrected chi connectivity index (χ1v) is 3.05. The molecule has 0 saturated heterocycles. The molecule has 0 aromatic carbocycles. The van der Waals surface area contributed by atoms with Crippen LogP contribution in [0.3, 0.4) is 0 Å². The first-order valence-electron chi connectivity index (χ1n) is 3.05. The largest absolute Gasteiger partial charge is 0.468 e. The van der Waals surface area contributed by atoms with Crippen molar-refractivity contribution in [3.8, 4) is 0 Å². The van der Waals surface area contributed by atoms with Gasteiger partial charge in [-0.3, -0.25) is 0 Å². The Morgan fingerprint density at radius 3 is 2.45 bits per heavy atom. The maximum Gasteiger partial charge on any atom is 0.468 e. The van der Waals surface area contributed by atoms with Crippen LogP contribution in [0.25, 0.3) is 0 Å². The van der Waals surface area contributed by atoms with Crippen molar-refractivity contribution in [1.29, 1.82) is 0 Å². The van der Waals surface area contributed by atoms with Gasteiger partial charge in [0.25, 0.3) is 0 Å². The number of nitrogens with zero attached hydrogens (tertiary/aromatic N) is 1. The zero-order chi connectivity index (χ0) is 8.48. The van der Waals surface area contributed by atoms with Crippen molar-refractivity contribution in [2.75, 3.05) is 0 Å². The second-order valence-corrected chi connectivity index (χ2v) is 2.00. The summed E-state index contributed by atoms with van der Waals surface area (Å²) in [6.07, 6.45) is -3.00. The second kappa shape index (κ2) is 2.56. The number of rotatable bonds is 1. The number of aryl methyl sites for hydroxylation is 1. The fraction of sp³-hybridized carbons (Fsp3) is 0.500. The molecule has 1 heterocycles. The standard InChI is InChI=1S/C6H6F3NO/c1-2-4-3-11-5(10-4)6(7,8)9/h3H,2H2,1H3. The van der Waals surface area contributed by atoms with Crippen LogP contribution >= 0.6 is 0 Å². The van der Waals surface area contributed by atoms with Crippen molar-refractivity contribution < 1.29 is 17.6 Å². The van der Waals surface area contributed by atoms with Crippen LogP contribution in [0.2, 0.25) is 0 Å². The molecule has 1 aromatic rings. The van der Waals surface area contributed by atoms with Crippen LogP contribution in [-0.2, 0) is 12.6 Å². The van der Waals surface area contributed by atoms with Crippen LogP contribution in [0, 0.1) is 0 Å². The summed E-state index contributed by atoms with van der Waals surface area (Å²) in [5.41, 5.74) is 0.317. The van der Waals surface area contributed by atoms with E-state index in [-0.39, 0.29) is 0 Å². The summed E-state index contributed by atoms with van der Waals surface area (Å²) in [6, 6.07) is 0. The molecule has 1 aromatic heterocycles. The highest BCUT2D eigenvalue weighted by Crippen LogP contribution is 2.28. The lowest BCUT2D eigenvalue weighted by atomic mass is 10.4. The van der Waals surface area contributed by atoms with Crippen LogP contribution in [-0.4, -0.2) is 4.98 Å². The van der Waals surface area contributed by atoms with Gasteiger partial charge in [-0.2, -0.15) is 13.2 Å². The first kappa shape index (κ1) is 8.10. The molecule has 0 aliphatic heterocycles. The molecule has 11 heavy (non-hydrogen) atoms. The lowest BCUT2D eigenvalue weighted by Crippen LogP contribution is -2.05. The topological polar surface area (TPSA) is 26.0 Å². The van der Waals surface area contributed by atoms with Gasteiger partial charge >= 0.3 is 12.1 Å². The van der Waals surface area contributed by atoms with Crippen LogP contribution in [0.5, 0.6) is 0 Å². The molecule has 0 aliphatic rings. The van der Waals surface area contributed by atoms with Crippen molar-refractivity contribution in [1.82, 2.24) is 4.98 Å². The van der Waals surface area contributed by atoms with Gasteiger partial charge < -0.3 is 4.42 Å². The molecule has 1 rings (SSSR count). The number of alkyl halides is 3. The smallest absolute Gasteiger partial charge is 0.441 e. The lowest BCUT2D eigenvalue weighted by molar-refractivity contribution is -0.157. The quantitative estimate of drug-likeness (QED) is 0.637. The van der Waals surface area contributed by atoms with E-state index >= 15 is 0 Å². The van der Waals surface area contributed by atoms with E-state index in [9.17, 15) is 13.2 Å². The molecule has 0 unspecified atom stereocenters. The Hall–Kier alpha value is -1.00. The van der Waals surface area contributed by atoms with Crippen LogP contribution in [0.4, 0.5) is 13.2 Å². The Balaban J connectivity index is 2.89. The van der Waals surface area contributed by atoms with Crippen molar-refractivity contribution in [2.24, 2.45) is 0 Å². The van der Waals surface area contributed by atoms with Crippen LogP contribution < -0.4 is 0 Å². The number of hydrogen-bond donors (Lipinski definition) is 0. The van der Waals surface area contributed by atoms with Crippen molar-refractivity contribution in [3.63, 3.8) is 0 Å². The van der Waals surface area contributed by atoms with Crippen molar-refractivity contribution in [2.45, 2.75) is 19.5 Å². The summed E-state index contributed by atoms with van der Waals surface area (Å²) in [4.78, 5) is 3.21. The minimum atomic E-state index is -4.46. The summed E-state index contributed by atoms with van der Waals surface area (Å²) in [5, 5.41) is 0. The fourth-order valence-corrected chi connectivity index (χ4v) is 0.600. The Bertz CT molecular complexity index is 240. The molecule has 0 radical (unpaired) electrons. The number of oxazole rings is 1.